The first-order valence-corrected chi connectivity index (χ1v) is 12.4. The van der Waals surface area contributed by atoms with Gasteiger partial charge in [0.15, 0.2) is 0 Å². The Morgan fingerprint density at radius 3 is 1.37 bits per heavy atom. The molecular formula is C27H36Cl2O4STi-2. The van der Waals surface area contributed by atoms with E-state index in [-0.39, 0.29) is 35.6 Å². The first-order valence-electron chi connectivity index (χ1n) is 10.6. The minimum absolute atomic E-state index is 0. The van der Waals surface area contributed by atoms with Gasteiger partial charge in [-0.1, -0.05) is 41.5 Å². The second-order valence-electron chi connectivity index (χ2n) is 9.43. The van der Waals surface area contributed by atoms with E-state index in [4.69, 9.17) is 9.47 Å². The number of ether oxygens (including phenoxy) is 2. The average molecular weight is 575 g/mol. The summed E-state index contributed by atoms with van der Waals surface area (Å²) < 4.78 is 12.3. The van der Waals surface area contributed by atoms with Crippen molar-refractivity contribution < 1.29 is 64.5 Å². The standard InChI is InChI=1S/2C11H16O2.C5H4S.2ClH.Ti/c2*1-11(2,3)9-7-8(13-4)5-6-10(9)12;1-5-3-2-4-6-5;;;/h2*5-7,12H,1-4H3;1-4H;2*1H;/p-2. The maximum atomic E-state index is 9.61. The van der Waals surface area contributed by atoms with Crippen LogP contribution in [-0.2, 0) is 30.8 Å². The second kappa shape index (κ2) is 16.3. The van der Waals surface area contributed by atoms with Gasteiger partial charge in [-0.25, -0.2) is 0 Å². The van der Waals surface area contributed by atoms with E-state index in [1.807, 2.05) is 32.1 Å². The molecule has 194 valence electrons. The van der Waals surface area contributed by atoms with Crippen LogP contribution in [0.25, 0.3) is 0 Å². The van der Waals surface area contributed by atoms with Gasteiger partial charge in [0.1, 0.15) is 23.0 Å². The molecule has 8 heteroatoms. The third-order valence-corrected chi connectivity index (χ3v) is 6.34. The van der Waals surface area contributed by atoms with Crippen molar-refractivity contribution in [2.75, 3.05) is 14.2 Å². The van der Waals surface area contributed by atoms with Gasteiger partial charge in [0, 0.05) is 11.1 Å². The molecule has 0 radical (unpaired) electrons. The van der Waals surface area contributed by atoms with E-state index >= 15 is 0 Å². The Balaban J connectivity index is 0. The van der Waals surface area contributed by atoms with Gasteiger partial charge in [0.2, 0.25) is 0 Å². The molecule has 0 aliphatic rings. The Kier molecular flexibility index (Phi) is 16.6. The monoisotopic (exact) mass is 574 g/mol. The number of phenolic OH excluding ortho intramolecular Hbond substituents is 2. The Labute approximate surface area is 238 Å². The zero-order valence-electron chi connectivity index (χ0n) is 21.6. The van der Waals surface area contributed by atoms with Crippen molar-refractivity contribution >= 4 is 15.7 Å². The summed E-state index contributed by atoms with van der Waals surface area (Å²) >= 11 is 3.81. The zero-order chi connectivity index (χ0) is 25.2. The van der Waals surface area contributed by atoms with Crippen LogP contribution in [0.1, 0.15) is 57.5 Å². The number of aromatic hydroxyl groups is 2. The van der Waals surface area contributed by atoms with Crippen LogP contribution in [0.15, 0.2) is 53.9 Å². The molecule has 0 spiro atoms. The summed E-state index contributed by atoms with van der Waals surface area (Å²) in [6, 6.07) is 14.7. The summed E-state index contributed by atoms with van der Waals surface area (Å²) in [6.07, 6.45) is 0. The Morgan fingerprint density at radius 2 is 1.14 bits per heavy atom. The molecule has 0 unspecified atom stereocenters. The summed E-state index contributed by atoms with van der Waals surface area (Å²) in [6.45, 7) is 12.3. The normalized spacial score (nSPS) is 10.1. The summed E-state index contributed by atoms with van der Waals surface area (Å²) in [5, 5.41) is 21.3. The number of halogens is 2. The molecular weight excluding hydrogens is 539 g/mol. The molecule has 3 aromatic rings. The number of hydrogen-bond donors (Lipinski definition) is 2. The molecule has 4 nitrogen and oxygen atoms in total. The molecule has 35 heavy (non-hydrogen) atoms. The van der Waals surface area contributed by atoms with E-state index in [1.54, 1.807) is 49.8 Å². The quantitative estimate of drug-likeness (QED) is 0.455. The van der Waals surface area contributed by atoms with Crippen LogP contribution in [0.4, 0.5) is 0 Å². The first kappa shape index (κ1) is 35.7. The van der Waals surface area contributed by atoms with E-state index < -0.39 is 0 Å². The van der Waals surface area contributed by atoms with Crippen molar-refractivity contribution in [3.63, 3.8) is 0 Å². The molecule has 0 saturated heterocycles. The van der Waals surface area contributed by atoms with Crippen LogP contribution in [0.5, 0.6) is 23.0 Å². The maximum absolute atomic E-state index is 9.61. The van der Waals surface area contributed by atoms with Crippen LogP contribution in [0.2, 0.25) is 0 Å². The van der Waals surface area contributed by atoms with E-state index in [0.717, 1.165) is 22.6 Å². The number of benzene rings is 2. The van der Waals surface area contributed by atoms with Gasteiger partial charge in [-0.05, 0) is 47.2 Å². The molecule has 2 N–H and O–H groups in total. The molecule has 0 saturated carbocycles. The SMILES string of the molecule is COc1ccc(O)c(C(C)(C)C)c1.COc1ccc(O)c(C(C)(C)C)c1.[Cl-].[Cl-].[Ti]=[CH]c1cccs1. The number of thiophene rings is 1. The molecule has 0 aliphatic heterocycles. The topological polar surface area (TPSA) is 58.9 Å². The Morgan fingerprint density at radius 1 is 0.743 bits per heavy atom. The van der Waals surface area contributed by atoms with E-state index in [0.29, 0.717) is 11.5 Å². The van der Waals surface area contributed by atoms with Crippen molar-refractivity contribution in [3.8, 4) is 23.0 Å². The van der Waals surface area contributed by atoms with Gasteiger partial charge in [0.05, 0.1) is 14.2 Å². The van der Waals surface area contributed by atoms with Gasteiger partial charge < -0.3 is 44.5 Å². The van der Waals surface area contributed by atoms with Crippen LogP contribution >= 0.6 is 11.3 Å². The number of phenols is 2. The fraction of sp³-hybridized carbons (Fsp3) is 0.370. The van der Waals surface area contributed by atoms with Crippen LogP contribution in [-0.4, -0.2) is 28.7 Å². The predicted molar refractivity (Wildman–Crippen MR) is 136 cm³/mol. The van der Waals surface area contributed by atoms with Crippen molar-refractivity contribution in [2.24, 2.45) is 0 Å². The van der Waals surface area contributed by atoms with Gasteiger partial charge in [0.25, 0.3) is 0 Å². The second-order valence-corrected chi connectivity index (χ2v) is 10.9. The van der Waals surface area contributed by atoms with Crippen molar-refractivity contribution in [1.29, 1.82) is 0 Å². The van der Waals surface area contributed by atoms with Crippen molar-refractivity contribution in [2.45, 2.75) is 52.4 Å². The molecule has 3 rings (SSSR count). The van der Waals surface area contributed by atoms with Gasteiger partial charge in [-0.3, -0.25) is 0 Å². The van der Waals surface area contributed by atoms with Gasteiger partial charge in [-0.2, -0.15) is 0 Å². The molecule has 1 aromatic heterocycles. The van der Waals surface area contributed by atoms with Crippen LogP contribution < -0.4 is 34.3 Å². The Bertz CT molecular complexity index is 948. The van der Waals surface area contributed by atoms with Gasteiger partial charge >= 0.3 is 58.0 Å². The van der Waals surface area contributed by atoms with Crippen LogP contribution in [0.3, 0.4) is 0 Å². The van der Waals surface area contributed by atoms with E-state index in [2.05, 4.69) is 63.4 Å². The van der Waals surface area contributed by atoms with Crippen molar-refractivity contribution in [3.05, 3.63) is 69.9 Å². The molecule has 0 aliphatic carbocycles. The minimum atomic E-state index is -0.0569. The van der Waals surface area contributed by atoms with Gasteiger partial charge in [-0.15, -0.1) is 0 Å². The molecule has 0 bridgehead atoms. The number of hydrogen-bond acceptors (Lipinski definition) is 5. The number of methoxy groups -OCH3 is 2. The third-order valence-electron chi connectivity index (χ3n) is 4.71. The fourth-order valence-corrected chi connectivity index (χ4v) is 3.87. The molecule has 0 atom stereocenters. The van der Waals surface area contributed by atoms with E-state index in [9.17, 15) is 10.2 Å². The fourth-order valence-electron chi connectivity index (χ4n) is 2.86. The number of rotatable bonds is 3. The summed E-state index contributed by atoms with van der Waals surface area (Å²) in [5.41, 5.74) is 1.70. The molecule has 0 amide bonds. The zero-order valence-corrected chi connectivity index (χ0v) is 25.5. The summed E-state index contributed by atoms with van der Waals surface area (Å²) in [7, 11) is 3.25. The first-order chi connectivity index (χ1) is 15.3. The third kappa shape index (κ3) is 12.3. The predicted octanol–water partition coefficient (Wildman–Crippen LogP) is 0.850. The molecule has 1 heterocycles. The summed E-state index contributed by atoms with van der Waals surface area (Å²) in [5.74, 6) is 2.21. The summed E-state index contributed by atoms with van der Waals surface area (Å²) in [4.78, 5) is 1.35. The van der Waals surface area contributed by atoms with Crippen LogP contribution in [0, 0.1) is 0 Å². The molecule has 0 fully saturated rings. The Hall–Kier alpha value is -1.50. The van der Waals surface area contributed by atoms with Crippen molar-refractivity contribution in [1.82, 2.24) is 0 Å². The molecule has 2 aromatic carbocycles. The van der Waals surface area contributed by atoms with E-state index in [1.165, 1.54) is 4.88 Å². The average Bonchev–Trinajstić information content (AvgIpc) is 3.28.